The molecule has 0 bridgehead atoms. The second kappa shape index (κ2) is 41.6. The number of hydrogen-bond donors (Lipinski definition) is 0. The Balaban J connectivity index is 4.11. The number of hydrogen-bond acceptors (Lipinski definition) is 6. The molecule has 0 spiro atoms. The van der Waals surface area contributed by atoms with Gasteiger partial charge in [-0.15, -0.1) is 0 Å². The molecule has 0 aliphatic rings. The van der Waals surface area contributed by atoms with E-state index in [0.29, 0.717) is 19.3 Å². The highest BCUT2D eigenvalue weighted by atomic mass is 16.6. The van der Waals surface area contributed by atoms with Gasteiger partial charge in [0.05, 0.1) is 0 Å². The van der Waals surface area contributed by atoms with Gasteiger partial charge < -0.3 is 14.2 Å². The SMILES string of the molecule is CCCCCCCCCCCCCCCCC(=O)OC[C@H](COC(=O)CCCCCCCCCCCCCCCC(C)C)OC(=O)CCCCCCC. The summed E-state index contributed by atoms with van der Waals surface area (Å²) in [6.45, 7) is 8.93. The first kappa shape index (κ1) is 51.4. The van der Waals surface area contributed by atoms with Crippen molar-refractivity contribution in [3.63, 3.8) is 0 Å². The van der Waals surface area contributed by atoms with E-state index in [2.05, 4.69) is 27.7 Å². The Kier molecular flexibility index (Phi) is 40.3. The van der Waals surface area contributed by atoms with Crippen molar-refractivity contribution in [2.24, 2.45) is 5.92 Å². The van der Waals surface area contributed by atoms with Crippen LogP contribution in [0.15, 0.2) is 0 Å². The van der Waals surface area contributed by atoms with Gasteiger partial charge in [-0.25, -0.2) is 0 Å². The minimum atomic E-state index is -0.757. The van der Waals surface area contributed by atoms with Crippen molar-refractivity contribution in [1.82, 2.24) is 0 Å². The average molecular weight is 751 g/mol. The minimum absolute atomic E-state index is 0.0649. The molecule has 0 unspecified atom stereocenters. The van der Waals surface area contributed by atoms with Crippen LogP contribution in [0.5, 0.6) is 0 Å². The molecule has 0 aromatic heterocycles. The van der Waals surface area contributed by atoms with Crippen molar-refractivity contribution in [1.29, 1.82) is 0 Å². The topological polar surface area (TPSA) is 78.9 Å². The van der Waals surface area contributed by atoms with Gasteiger partial charge in [-0.05, 0) is 25.2 Å². The minimum Gasteiger partial charge on any atom is -0.462 e. The maximum Gasteiger partial charge on any atom is 0.306 e. The fourth-order valence-electron chi connectivity index (χ4n) is 6.98. The number of carbonyl (C=O) groups excluding carboxylic acids is 3. The van der Waals surface area contributed by atoms with Crippen LogP contribution in [0, 0.1) is 5.92 Å². The molecule has 0 radical (unpaired) electrons. The first-order valence-corrected chi connectivity index (χ1v) is 23.4. The van der Waals surface area contributed by atoms with Crippen molar-refractivity contribution in [3.05, 3.63) is 0 Å². The van der Waals surface area contributed by atoms with Crippen molar-refractivity contribution in [3.8, 4) is 0 Å². The first-order chi connectivity index (χ1) is 25.9. The molecule has 0 fully saturated rings. The molecule has 6 heteroatoms. The molecule has 0 amide bonds. The van der Waals surface area contributed by atoms with Crippen molar-refractivity contribution in [2.45, 2.75) is 265 Å². The molecule has 0 saturated carbocycles. The van der Waals surface area contributed by atoms with Gasteiger partial charge in [0.1, 0.15) is 13.2 Å². The Morgan fingerprint density at radius 3 is 0.925 bits per heavy atom. The Bertz CT molecular complexity index is 796. The van der Waals surface area contributed by atoms with Crippen LogP contribution in [0.3, 0.4) is 0 Å². The third kappa shape index (κ3) is 41.4. The van der Waals surface area contributed by atoms with Crippen LogP contribution in [0.2, 0.25) is 0 Å². The average Bonchev–Trinajstić information content (AvgIpc) is 3.14. The second-order valence-electron chi connectivity index (χ2n) is 16.5. The number of carbonyl (C=O) groups is 3. The third-order valence-corrected chi connectivity index (χ3v) is 10.5. The highest BCUT2D eigenvalue weighted by Crippen LogP contribution is 2.16. The molecule has 0 aromatic rings. The van der Waals surface area contributed by atoms with E-state index in [-0.39, 0.29) is 31.1 Å². The molecule has 53 heavy (non-hydrogen) atoms. The van der Waals surface area contributed by atoms with Crippen molar-refractivity contribution < 1.29 is 28.6 Å². The molecule has 0 heterocycles. The molecule has 0 saturated heterocycles. The number of ether oxygens (including phenoxy) is 3. The summed E-state index contributed by atoms with van der Waals surface area (Å²) in [5.74, 6) is -0.0265. The quantitative estimate of drug-likeness (QED) is 0.0351. The van der Waals surface area contributed by atoms with Gasteiger partial charge >= 0.3 is 17.9 Å². The summed E-state index contributed by atoms with van der Waals surface area (Å²) in [6.07, 6.45) is 41.2. The summed E-state index contributed by atoms with van der Waals surface area (Å²) in [6, 6.07) is 0. The zero-order valence-electron chi connectivity index (χ0n) is 36.0. The van der Waals surface area contributed by atoms with Crippen LogP contribution in [0.25, 0.3) is 0 Å². The van der Waals surface area contributed by atoms with Gasteiger partial charge in [-0.3, -0.25) is 14.4 Å². The van der Waals surface area contributed by atoms with Crippen molar-refractivity contribution >= 4 is 17.9 Å². The third-order valence-electron chi connectivity index (χ3n) is 10.5. The first-order valence-electron chi connectivity index (χ1n) is 23.4. The lowest BCUT2D eigenvalue weighted by atomic mass is 10.0. The largest absolute Gasteiger partial charge is 0.462 e. The van der Waals surface area contributed by atoms with E-state index < -0.39 is 6.10 Å². The molecule has 0 aliphatic carbocycles. The van der Waals surface area contributed by atoms with E-state index in [1.165, 1.54) is 148 Å². The highest BCUT2D eigenvalue weighted by molar-refractivity contribution is 5.71. The second-order valence-corrected chi connectivity index (χ2v) is 16.5. The lowest BCUT2D eigenvalue weighted by Crippen LogP contribution is -2.30. The monoisotopic (exact) mass is 751 g/mol. The van der Waals surface area contributed by atoms with Gasteiger partial charge in [0.2, 0.25) is 0 Å². The Morgan fingerprint density at radius 2 is 0.623 bits per heavy atom. The number of unbranched alkanes of at least 4 members (excludes halogenated alkanes) is 29. The maximum absolute atomic E-state index is 12.5. The van der Waals surface area contributed by atoms with E-state index >= 15 is 0 Å². The number of rotatable bonds is 42. The molecule has 0 rings (SSSR count). The lowest BCUT2D eigenvalue weighted by molar-refractivity contribution is -0.167. The van der Waals surface area contributed by atoms with Gasteiger partial charge in [-0.2, -0.15) is 0 Å². The molecular weight excluding hydrogens is 661 g/mol. The fourth-order valence-corrected chi connectivity index (χ4v) is 6.98. The van der Waals surface area contributed by atoms with Crippen molar-refractivity contribution in [2.75, 3.05) is 13.2 Å². The van der Waals surface area contributed by atoms with Crippen LogP contribution in [0.4, 0.5) is 0 Å². The molecule has 0 N–H and O–H groups in total. The molecule has 0 aliphatic heterocycles. The smallest absolute Gasteiger partial charge is 0.306 e. The lowest BCUT2D eigenvalue weighted by Gasteiger charge is -2.18. The van der Waals surface area contributed by atoms with E-state index in [1.54, 1.807) is 0 Å². The van der Waals surface area contributed by atoms with E-state index in [9.17, 15) is 14.4 Å². The number of esters is 3. The highest BCUT2D eigenvalue weighted by Gasteiger charge is 2.19. The van der Waals surface area contributed by atoms with Crippen LogP contribution in [-0.4, -0.2) is 37.2 Å². The van der Waals surface area contributed by atoms with E-state index in [1.807, 2.05) is 0 Å². The van der Waals surface area contributed by atoms with Gasteiger partial charge in [-0.1, -0.05) is 220 Å². The Hall–Kier alpha value is -1.59. The zero-order valence-corrected chi connectivity index (χ0v) is 36.0. The summed E-state index contributed by atoms with van der Waals surface area (Å²) in [5.41, 5.74) is 0. The van der Waals surface area contributed by atoms with Crippen LogP contribution in [0.1, 0.15) is 259 Å². The molecule has 1 atom stereocenters. The normalized spacial score (nSPS) is 11.9. The molecule has 314 valence electrons. The van der Waals surface area contributed by atoms with Gasteiger partial charge in [0.25, 0.3) is 0 Å². The Labute approximate surface area is 329 Å². The molecular formula is C47H90O6. The molecule has 0 aromatic carbocycles. The van der Waals surface area contributed by atoms with E-state index in [4.69, 9.17) is 14.2 Å². The summed E-state index contributed by atoms with van der Waals surface area (Å²) < 4.78 is 16.6. The predicted molar refractivity (Wildman–Crippen MR) is 224 cm³/mol. The van der Waals surface area contributed by atoms with Gasteiger partial charge in [0, 0.05) is 19.3 Å². The zero-order chi connectivity index (χ0) is 38.9. The standard InChI is InChI=1S/C47H90O6/c1-5-7-9-11-12-13-14-15-18-21-24-27-31-34-38-45(48)51-41-44(53-47(50)40-36-29-10-8-6-2)42-52-46(49)39-35-32-28-25-22-19-16-17-20-23-26-30-33-37-43(3)4/h43-44H,5-42H2,1-4H3/t44-/m1/s1. The fraction of sp³-hybridized carbons (Fsp3) is 0.936. The predicted octanol–water partition coefficient (Wildman–Crippen LogP) is 14.7. The van der Waals surface area contributed by atoms with Crippen LogP contribution >= 0.6 is 0 Å². The van der Waals surface area contributed by atoms with E-state index in [0.717, 1.165) is 70.1 Å². The summed E-state index contributed by atoms with van der Waals surface area (Å²) in [5, 5.41) is 0. The summed E-state index contributed by atoms with van der Waals surface area (Å²) in [4.78, 5) is 37.5. The van der Waals surface area contributed by atoms with Crippen LogP contribution < -0.4 is 0 Å². The summed E-state index contributed by atoms with van der Waals surface area (Å²) in [7, 11) is 0. The Morgan fingerprint density at radius 1 is 0.358 bits per heavy atom. The molecule has 6 nitrogen and oxygen atoms in total. The van der Waals surface area contributed by atoms with Gasteiger partial charge in [0.15, 0.2) is 6.10 Å². The van der Waals surface area contributed by atoms with Crippen LogP contribution in [-0.2, 0) is 28.6 Å². The summed E-state index contributed by atoms with van der Waals surface area (Å²) >= 11 is 0. The maximum atomic E-state index is 12.5.